The number of rotatable bonds is 8. The van der Waals surface area contributed by atoms with Crippen LogP contribution < -0.4 is 10.4 Å². The van der Waals surface area contributed by atoms with Crippen LogP contribution in [0.5, 0.6) is 0 Å². The predicted molar refractivity (Wildman–Crippen MR) is 65.8 cm³/mol. The van der Waals surface area contributed by atoms with Gasteiger partial charge in [-0.1, -0.05) is 31.1 Å². The Morgan fingerprint density at radius 3 is 2.83 bits per heavy atom. The second kappa shape index (κ2) is 7.75. The van der Waals surface area contributed by atoms with E-state index in [-0.39, 0.29) is 12.3 Å². The molecule has 18 heavy (non-hydrogen) atoms. The normalized spacial score (nSPS) is 12.1. The van der Waals surface area contributed by atoms with E-state index in [1.807, 2.05) is 6.92 Å². The molecule has 100 valence electrons. The van der Waals surface area contributed by atoms with Crippen LogP contribution in [0.2, 0.25) is 0 Å². The summed E-state index contributed by atoms with van der Waals surface area (Å²) in [5, 5.41) is 21.1. The second-order valence-corrected chi connectivity index (χ2v) is 4.82. The van der Waals surface area contributed by atoms with Gasteiger partial charge in [0.1, 0.15) is 5.51 Å². The second-order valence-electron chi connectivity index (χ2n) is 3.99. The van der Waals surface area contributed by atoms with E-state index in [4.69, 9.17) is 0 Å². The lowest BCUT2D eigenvalue weighted by Gasteiger charge is -2.16. The van der Waals surface area contributed by atoms with Crippen LogP contribution in [0, 0.1) is 5.92 Å². The molecule has 0 fully saturated rings. The molecular formula is C11H16N3O3S-. The number of hydrogen-bond acceptors (Lipinski definition) is 6. The third-order valence-electron chi connectivity index (χ3n) is 2.57. The standard InChI is InChI=1S/C11H17N3O3S/c1-2-3-4-8(10(16)17)5-6-9(15)13-11-14-12-7-18-11/h7-8H,2-6H2,1H3,(H,16,17)(H,13,14,15)/p-1/t8-/m1/s1. The van der Waals surface area contributed by atoms with E-state index < -0.39 is 11.9 Å². The van der Waals surface area contributed by atoms with Gasteiger partial charge in [0.2, 0.25) is 11.0 Å². The highest BCUT2D eigenvalue weighted by molar-refractivity contribution is 7.13. The van der Waals surface area contributed by atoms with E-state index >= 15 is 0 Å². The maximum atomic E-state index is 11.5. The summed E-state index contributed by atoms with van der Waals surface area (Å²) < 4.78 is 0. The summed E-state index contributed by atoms with van der Waals surface area (Å²) in [6, 6.07) is 0. The number of anilines is 1. The van der Waals surface area contributed by atoms with Crippen LogP contribution >= 0.6 is 11.3 Å². The molecule has 0 radical (unpaired) electrons. The monoisotopic (exact) mass is 270 g/mol. The van der Waals surface area contributed by atoms with Gasteiger partial charge in [-0.15, -0.1) is 10.2 Å². The minimum atomic E-state index is -1.08. The van der Waals surface area contributed by atoms with Crippen molar-refractivity contribution in [3.05, 3.63) is 5.51 Å². The average molecular weight is 270 g/mol. The third-order valence-corrected chi connectivity index (χ3v) is 3.17. The largest absolute Gasteiger partial charge is 0.550 e. The molecule has 0 aliphatic rings. The van der Waals surface area contributed by atoms with Gasteiger partial charge in [-0.25, -0.2) is 0 Å². The van der Waals surface area contributed by atoms with Gasteiger partial charge in [0.05, 0.1) is 0 Å². The zero-order valence-electron chi connectivity index (χ0n) is 10.2. The van der Waals surface area contributed by atoms with Crippen LogP contribution in [0.3, 0.4) is 0 Å². The van der Waals surface area contributed by atoms with Gasteiger partial charge in [-0.05, 0) is 18.8 Å². The number of carboxylic acids is 1. The Kier molecular flexibility index (Phi) is 6.27. The number of aliphatic carboxylic acids is 1. The summed E-state index contributed by atoms with van der Waals surface area (Å²) in [5.74, 6) is -1.87. The summed E-state index contributed by atoms with van der Waals surface area (Å²) in [5.41, 5.74) is 1.51. The Balaban J connectivity index is 2.32. The van der Waals surface area contributed by atoms with E-state index in [9.17, 15) is 14.7 Å². The zero-order valence-corrected chi connectivity index (χ0v) is 11.0. The lowest BCUT2D eigenvalue weighted by molar-refractivity contribution is -0.312. The molecule has 0 aliphatic carbocycles. The average Bonchev–Trinajstić information content (AvgIpc) is 2.81. The van der Waals surface area contributed by atoms with Gasteiger partial charge in [-0.3, -0.25) is 4.79 Å². The quantitative estimate of drug-likeness (QED) is 0.754. The van der Waals surface area contributed by atoms with Gasteiger partial charge >= 0.3 is 0 Å². The molecule has 0 aromatic carbocycles. The van der Waals surface area contributed by atoms with Crippen molar-refractivity contribution in [2.45, 2.75) is 39.0 Å². The highest BCUT2D eigenvalue weighted by Gasteiger charge is 2.12. The molecule has 1 atom stereocenters. The number of unbranched alkanes of at least 4 members (excludes halogenated alkanes) is 1. The van der Waals surface area contributed by atoms with Gasteiger partial charge < -0.3 is 15.2 Å². The first-order valence-electron chi connectivity index (χ1n) is 5.90. The number of amides is 1. The molecule has 1 N–H and O–H groups in total. The van der Waals surface area contributed by atoms with Gasteiger partial charge in [0, 0.05) is 12.4 Å². The van der Waals surface area contributed by atoms with E-state index in [0.717, 1.165) is 12.8 Å². The SMILES string of the molecule is CCCC[C@H](CCC(=O)Nc1nncs1)C(=O)[O-]. The molecule has 1 aromatic heterocycles. The minimum absolute atomic E-state index is 0.155. The molecular weight excluding hydrogens is 254 g/mol. The summed E-state index contributed by atoms with van der Waals surface area (Å²) in [6.45, 7) is 1.99. The summed E-state index contributed by atoms with van der Waals surface area (Å²) >= 11 is 1.22. The molecule has 0 saturated heterocycles. The van der Waals surface area contributed by atoms with Crippen molar-refractivity contribution in [3.8, 4) is 0 Å². The van der Waals surface area contributed by atoms with Crippen molar-refractivity contribution < 1.29 is 14.7 Å². The van der Waals surface area contributed by atoms with E-state index in [1.165, 1.54) is 16.8 Å². The number of carboxylic acid groups (broad SMARTS) is 1. The predicted octanol–water partition coefficient (Wildman–Crippen LogP) is 0.813. The van der Waals surface area contributed by atoms with Crippen LogP contribution in [-0.2, 0) is 9.59 Å². The van der Waals surface area contributed by atoms with E-state index in [0.29, 0.717) is 18.0 Å². The van der Waals surface area contributed by atoms with Crippen LogP contribution in [0.4, 0.5) is 5.13 Å². The van der Waals surface area contributed by atoms with E-state index in [1.54, 1.807) is 0 Å². The Labute approximate surface area is 109 Å². The Morgan fingerprint density at radius 2 is 2.28 bits per heavy atom. The fourth-order valence-electron chi connectivity index (χ4n) is 1.55. The molecule has 0 saturated carbocycles. The Morgan fingerprint density at radius 1 is 1.50 bits per heavy atom. The molecule has 0 spiro atoms. The van der Waals surface area contributed by atoms with Crippen molar-refractivity contribution >= 4 is 28.3 Å². The van der Waals surface area contributed by atoms with Crippen molar-refractivity contribution in [1.82, 2.24) is 10.2 Å². The number of carbonyl (C=O) groups is 2. The number of hydrogen-bond donors (Lipinski definition) is 1. The molecule has 1 amide bonds. The molecule has 1 rings (SSSR count). The van der Waals surface area contributed by atoms with Crippen molar-refractivity contribution in [1.29, 1.82) is 0 Å². The zero-order chi connectivity index (χ0) is 13.4. The topological polar surface area (TPSA) is 95.0 Å². The first-order valence-corrected chi connectivity index (χ1v) is 6.78. The van der Waals surface area contributed by atoms with Crippen LogP contribution in [-0.4, -0.2) is 22.1 Å². The molecule has 1 heterocycles. The molecule has 1 aromatic rings. The Hall–Kier alpha value is -1.50. The van der Waals surface area contributed by atoms with Gasteiger partial charge in [0.15, 0.2) is 0 Å². The maximum Gasteiger partial charge on any atom is 0.226 e. The molecule has 6 nitrogen and oxygen atoms in total. The third kappa shape index (κ3) is 5.22. The lowest BCUT2D eigenvalue weighted by Crippen LogP contribution is -2.32. The molecule has 7 heteroatoms. The molecule has 0 bridgehead atoms. The van der Waals surface area contributed by atoms with Crippen LogP contribution in [0.15, 0.2) is 5.51 Å². The first kappa shape index (κ1) is 14.6. The van der Waals surface area contributed by atoms with Crippen molar-refractivity contribution in [3.63, 3.8) is 0 Å². The van der Waals surface area contributed by atoms with Crippen molar-refractivity contribution in [2.75, 3.05) is 5.32 Å². The fourth-order valence-corrected chi connectivity index (χ4v) is 2.01. The number of carbonyl (C=O) groups excluding carboxylic acids is 2. The van der Waals surface area contributed by atoms with Gasteiger partial charge in [0.25, 0.3) is 0 Å². The first-order chi connectivity index (χ1) is 8.63. The number of nitrogens with one attached hydrogen (secondary N) is 1. The molecule has 0 aliphatic heterocycles. The highest BCUT2D eigenvalue weighted by atomic mass is 32.1. The lowest BCUT2D eigenvalue weighted by atomic mass is 9.97. The van der Waals surface area contributed by atoms with Crippen molar-refractivity contribution in [2.24, 2.45) is 5.92 Å². The smallest absolute Gasteiger partial charge is 0.226 e. The molecule has 0 unspecified atom stereocenters. The van der Waals surface area contributed by atoms with Crippen LogP contribution in [0.1, 0.15) is 39.0 Å². The minimum Gasteiger partial charge on any atom is -0.550 e. The Bertz CT molecular complexity index is 381. The fraction of sp³-hybridized carbons (Fsp3) is 0.636. The summed E-state index contributed by atoms with van der Waals surface area (Å²) in [7, 11) is 0. The number of nitrogens with zero attached hydrogens (tertiary/aromatic N) is 2. The van der Waals surface area contributed by atoms with E-state index in [2.05, 4.69) is 15.5 Å². The summed E-state index contributed by atoms with van der Waals surface area (Å²) in [4.78, 5) is 22.4. The number of aromatic nitrogens is 2. The summed E-state index contributed by atoms with van der Waals surface area (Å²) in [6.07, 6.45) is 2.78. The maximum absolute atomic E-state index is 11.5. The van der Waals surface area contributed by atoms with Gasteiger partial charge in [-0.2, -0.15) is 0 Å². The highest BCUT2D eigenvalue weighted by Crippen LogP contribution is 2.15. The van der Waals surface area contributed by atoms with Crippen LogP contribution in [0.25, 0.3) is 0 Å².